The molecular formula is C13H17N3O2. The fourth-order valence-electron chi connectivity index (χ4n) is 1.96. The van der Waals surface area contributed by atoms with Crippen molar-refractivity contribution in [1.29, 1.82) is 0 Å². The Morgan fingerprint density at radius 3 is 2.67 bits per heavy atom. The van der Waals surface area contributed by atoms with Crippen molar-refractivity contribution in [2.24, 2.45) is 0 Å². The molecule has 1 aromatic carbocycles. The highest BCUT2D eigenvalue weighted by Gasteiger charge is 2.16. The molecule has 0 bridgehead atoms. The first kappa shape index (κ1) is 12.3. The number of hydrogen-bond donors (Lipinski definition) is 2. The van der Waals surface area contributed by atoms with Gasteiger partial charge in [0.05, 0.1) is 19.8 Å². The zero-order valence-corrected chi connectivity index (χ0v) is 10.8. The number of aryl methyl sites for hydroxylation is 1. The van der Waals surface area contributed by atoms with Gasteiger partial charge in [-0.25, -0.2) is 0 Å². The van der Waals surface area contributed by atoms with E-state index in [9.17, 15) is 0 Å². The quantitative estimate of drug-likeness (QED) is 0.869. The van der Waals surface area contributed by atoms with Crippen molar-refractivity contribution in [2.75, 3.05) is 20.0 Å². The van der Waals surface area contributed by atoms with Crippen molar-refractivity contribution in [3.8, 4) is 22.6 Å². The molecule has 0 aliphatic rings. The third-order valence-corrected chi connectivity index (χ3v) is 2.90. The number of nitrogens with one attached hydrogen (secondary N) is 1. The van der Waals surface area contributed by atoms with Gasteiger partial charge < -0.3 is 15.2 Å². The number of nitrogens with two attached hydrogens (primary N) is 1. The Bertz CT molecular complexity index is 549. The van der Waals surface area contributed by atoms with Gasteiger partial charge in [0, 0.05) is 17.3 Å². The Morgan fingerprint density at radius 2 is 2.06 bits per heavy atom. The number of hydrogen-bond acceptors (Lipinski definition) is 4. The van der Waals surface area contributed by atoms with E-state index in [1.165, 1.54) is 0 Å². The van der Waals surface area contributed by atoms with E-state index < -0.39 is 0 Å². The molecule has 18 heavy (non-hydrogen) atoms. The number of rotatable bonds is 4. The minimum atomic E-state index is 0.482. The lowest BCUT2D eigenvalue weighted by Gasteiger charge is -2.11. The predicted octanol–water partition coefficient (Wildman–Crippen LogP) is 2.24. The van der Waals surface area contributed by atoms with Crippen molar-refractivity contribution in [2.45, 2.75) is 13.3 Å². The standard InChI is InChI=1S/C13H17N3O2/c1-4-10-12(13(14)16-15-10)9-6-5-8(17-2)7-11(9)18-3/h5-7H,4H2,1-3H3,(H3,14,15,16). The van der Waals surface area contributed by atoms with Crippen LogP contribution in [0.4, 0.5) is 5.82 Å². The van der Waals surface area contributed by atoms with Gasteiger partial charge in [0.2, 0.25) is 0 Å². The number of benzene rings is 1. The highest BCUT2D eigenvalue weighted by molar-refractivity contribution is 5.81. The summed E-state index contributed by atoms with van der Waals surface area (Å²) in [5.41, 5.74) is 8.73. The van der Waals surface area contributed by atoms with Crippen LogP contribution < -0.4 is 15.2 Å². The molecule has 0 saturated carbocycles. The zero-order chi connectivity index (χ0) is 13.1. The highest BCUT2D eigenvalue weighted by Crippen LogP contribution is 2.37. The fourth-order valence-corrected chi connectivity index (χ4v) is 1.96. The molecule has 0 unspecified atom stereocenters. The lowest BCUT2D eigenvalue weighted by atomic mass is 10.0. The number of methoxy groups -OCH3 is 2. The monoisotopic (exact) mass is 247 g/mol. The number of nitrogen functional groups attached to an aromatic ring is 1. The lowest BCUT2D eigenvalue weighted by Crippen LogP contribution is -1.94. The highest BCUT2D eigenvalue weighted by atomic mass is 16.5. The Hall–Kier alpha value is -2.17. The summed E-state index contributed by atoms with van der Waals surface area (Å²) in [6.07, 6.45) is 0.828. The largest absolute Gasteiger partial charge is 0.497 e. The Balaban J connectivity index is 2.59. The summed E-state index contributed by atoms with van der Waals surface area (Å²) in [4.78, 5) is 0. The molecule has 1 heterocycles. The summed E-state index contributed by atoms with van der Waals surface area (Å²) < 4.78 is 10.6. The number of anilines is 1. The van der Waals surface area contributed by atoms with Gasteiger partial charge in [-0.1, -0.05) is 6.92 Å². The van der Waals surface area contributed by atoms with Crippen LogP contribution in [0, 0.1) is 0 Å². The van der Waals surface area contributed by atoms with E-state index in [1.54, 1.807) is 14.2 Å². The lowest BCUT2D eigenvalue weighted by molar-refractivity contribution is 0.395. The van der Waals surface area contributed by atoms with Crippen LogP contribution in [-0.2, 0) is 6.42 Å². The summed E-state index contributed by atoms with van der Waals surface area (Å²) >= 11 is 0. The second-order valence-electron chi connectivity index (χ2n) is 3.88. The maximum atomic E-state index is 5.91. The molecule has 5 nitrogen and oxygen atoms in total. The predicted molar refractivity (Wildman–Crippen MR) is 70.9 cm³/mol. The summed E-state index contributed by atoms with van der Waals surface area (Å²) in [6.45, 7) is 2.05. The van der Waals surface area contributed by atoms with Gasteiger partial charge in [0.15, 0.2) is 5.82 Å². The van der Waals surface area contributed by atoms with Gasteiger partial charge in [-0.2, -0.15) is 5.10 Å². The van der Waals surface area contributed by atoms with E-state index in [2.05, 4.69) is 10.2 Å². The van der Waals surface area contributed by atoms with Crippen molar-refractivity contribution < 1.29 is 9.47 Å². The Morgan fingerprint density at radius 1 is 1.28 bits per heavy atom. The van der Waals surface area contributed by atoms with Crippen LogP contribution in [0.15, 0.2) is 18.2 Å². The summed E-state index contributed by atoms with van der Waals surface area (Å²) in [6, 6.07) is 5.64. The number of H-pyrrole nitrogens is 1. The molecule has 0 fully saturated rings. The number of aromatic amines is 1. The summed E-state index contributed by atoms with van der Waals surface area (Å²) in [5, 5.41) is 6.99. The number of nitrogens with zero attached hydrogens (tertiary/aromatic N) is 1. The van der Waals surface area contributed by atoms with Gasteiger partial charge in [-0.15, -0.1) is 0 Å². The molecule has 1 aromatic heterocycles. The molecule has 5 heteroatoms. The zero-order valence-electron chi connectivity index (χ0n) is 10.8. The number of aromatic nitrogens is 2. The van der Waals surface area contributed by atoms with E-state index in [0.29, 0.717) is 5.82 Å². The molecule has 0 aliphatic heterocycles. The SMILES string of the molecule is CCc1[nH]nc(N)c1-c1ccc(OC)cc1OC. The van der Waals surface area contributed by atoms with Gasteiger partial charge in [0.1, 0.15) is 11.5 Å². The normalized spacial score (nSPS) is 10.4. The first-order chi connectivity index (χ1) is 8.71. The molecule has 2 rings (SSSR count). The van der Waals surface area contributed by atoms with Crippen LogP contribution in [0.2, 0.25) is 0 Å². The van der Waals surface area contributed by atoms with Crippen molar-refractivity contribution in [3.63, 3.8) is 0 Å². The van der Waals surface area contributed by atoms with Crippen LogP contribution in [0.1, 0.15) is 12.6 Å². The average molecular weight is 247 g/mol. The molecule has 0 radical (unpaired) electrons. The minimum absolute atomic E-state index is 0.482. The van der Waals surface area contributed by atoms with Crippen molar-refractivity contribution >= 4 is 5.82 Å². The first-order valence-corrected chi connectivity index (χ1v) is 5.76. The smallest absolute Gasteiger partial charge is 0.153 e. The Kier molecular flexibility index (Phi) is 3.41. The van der Waals surface area contributed by atoms with Crippen LogP contribution in [-0.4, -0.2) is 24.4 Å². The van der Waals surface area contributed by atoms with Crippen LogP contribution in [0.25, 0.3) is 11.1 Å². The van der Waals surface area contributed by atoms with Gasteiger partial charge in [0.25, 0.3) is 0 Å². The minimum Gasteiger partial charge on any atom is -0.497 e. The van der Waals surface area contributed by atoms with Crippen LogP contribution in [0.3, 0.4) is 0 Å². The van der Waals surface area contributed by atoms with E-state index in [-0.39, 0.29) is 0 Å². The first-order valence-electron chi connectivity index (χ1n) is 5.76. The van der Waals surface area contributed by atoms with Gasteiger partial charge in [-0.3, -0.25) is 5.10 Å². The van der Waals surface area contributed by atoms with Crippen molar-refractivity contribution in [1.82, 2.24) is 10.2 Å². The topological polar surface area (TPSA) is 73.2 Å². The van der Waals surface area contributed by atoms with Crippen molar-refractivity contribution in [3.05, 3.63) is 23.9 Å². The fraction of sp³-hybridized carbons (Fsp3) is 0.308. The maximum absolute atomic E-state index is 5.91. The third-order valence-electron chi connectivity index (χ3n) is 2.90. The molecular weight excluding hydrogens is 230 g/mol. The van der Waals surface area contributed by atoms with Crippen LogP contribution >= 0.6 is 0 Å². The second-order valence-corrected chi connectivity index (χ2v) is 3.88. The third kappa shape index (κ3) is 1.99. The average Bonchev–Trinajstić information content (AvgIpc) is 2.78. The number of ether oxygens (including phenoxy) is 2. The molecule has 0 aliphatic carbocycles. The molecule has 0 amide bonds. The van der Waals surface area contributed by atoms with Gasteiger partial charge >= 0.3 is 0 Å². The van der Waals surface area contributed by atoms with E-state index >= 15 is 0 Å². The molecule has 96 valence electrons. The summed E-state index contributed by atoms with van der Waals surface area (Å²) in [7, 11) is 3.25. The Labute approximate surface area is 106 Å². The van der Waals surface area contributed by atoms with Gasteiger partial charge in [-0.05, 0) is 18.6 Å². The van der Waals surface area contributed by atoms with E-state index in [0.717, 1.165) is 34.7 Å². The summed E-state index contributed by atoms with van der Waals surface area (Å²) in [5.74, 6) is 1.95. The molecule has 0 saturated heterocycles. The molecule has 2 aromatic rings. The second kappa shape index (κ2) is 5.00. The van der Waals surface area contributed by atoms with Crippen LogP contribution in [0.5, 0.6) is 11.5 Å². The van der Waals surface area contributed by atoms with E-state index in [1.807, 2.05) is 25.1 Å². The van der Waals surface area contributed by atoms with E-state index in [4.69, 9.17) is 15.2 Å². The molecule has 0 spiro atoms. The molecule has 3 N–H and O–H groups in total. The molecule has 0 atom stereocenters. The maximum Gasteiger partial charge on any atom is 0.153 e.